The Balaban J connectivity index is 1.80. The molecule has 0 radical (unpaired) electrons. The Bertz CT molecular complexity index is 1380. The van der Waals surface area contributed by atoms with Gasteiger partial charge in [0.05, 0.1) is 16.5 Å². The van der Waals surface area contributed by atoms with E-state index in [4.69, 9.17) is 14.7 Å². The molecule has 1 aliphatic heterocycles. The molecule has 1 heterocycles. The van der Waals surface area contributed by atoms with Crippen LogP contribution in [0.15, 0.2) is 53.4 Å². The minimum absolute atomic E-state index is 0.0232. The summed E-state index contributed by atoms with van der Waals surface area (Å²) in [7, 11) is -0.898. The lowest BCUT2D eigenvalue weighted by atomic mass is 10.0. The number of nitrogens with one attached hydrogen (secondary N) is 1. The summed E-state index contributed by atoms with van der Waals surface area (Å²) in [5.41, 5.74) is 0.163. The van der Waals surface area contributed by atoms with Crippen LogP contribution in [0.2, 0.25) is 0 Å². The van der Waals surface area contributed by atoms with Crippen LogP contribution in [0.25, 0.3) is 0 Å². The summed E-state index contributed by atoms with van der Waals surface area (Å²) in [6.45, 7) is 5.27. The third kappa shape index (κ3) is 7.80. The molecule has 11 nitrogen and oxygen atoms in total. The number of ether oxygens (including phenoxy) is 2. The normalized spacial score (nSPS) is 16.4. The SMILES string of the molecule is CN(C)C(=O)Oc1ccc(C[C@H](NC(=O)[C@@H]2CCCN2S(=O)(=O)c2ccc(C#N)cc2)C(=O)OC(C)(C)C)cc1. The van der Waals surface area contributed by atoms with Crippen LogP contribution < -0.4 is 10.1 Å². The molecule has 0 bridgehead atoms. The Labute approximate surface area is 234 Å². The van der Waals surface area contributed by atoms with Gasteiger partial charge in [0, 0.05) is 27.1 Å². The maximum Gasteiger partial charge on any atom is 0.414 e. The highest BCUT2D eigenvalue weighted by Crippen LogP contribution is 2.27. The molecule has 0 spiro atoms. The number of sulfonamides is 1. The molecule has 2 aromatic carbocycles. The molecule has 2 atom stereocenters. The van der Waals surface area contributed by atoms with Crippen molar-refractivity contribution in [3.8, 4) is 11.8 Å². The average molecular weight is 571 g/mol. The molecule has 12 heteroatoms. The molecule has 0 aliphatic carbocycles. The molecule has 40 heavy (non-hydrogen) atoms. The fourth-order valence-corrected chi connectivity index (χ4v) is 5.74. The van der Waals surface area contributed by atoms with Gasteiger partial charge in [-0.3, -0.25) is 4.79 Å². The second kappa shape index (κ2) is 12.5. The summed E-state index contributed by atoms with van der Waals surface area (Å²) < 4.78 is 38.5. The highest BCUT2D eigenvalue weighted by molar-refractivity contribution is 7.89. The Morgan fingerprint density at radius 1 is 1.10 bits per heavy atom. The number of hydrogen-bond acceptors (Lipinski definition) is 8. The minimum atomic E-state index is -4.02. The number of rotatable bonds is 8. The third-order valence-corrected chi connectivity index (χ3v) is 7.96. The van der Waals surface area contributed by atoms with Gasteiger partial charge in [0.1, 0.15) is 23.4 Å². The number of benzene rings is 2. The van der Waals surface area contributed by atoms with Gasteiger partial charge in [-0.1, -0.05) is 12.1 Å². The Morgan fingerprint density at radius 2 is 1.73 bits per heavy atom. The molecule has 0 saturated carbocycles. The van der Waals surface area contributed by atoms with E-state index < -0.39 is 45.7 Å². The predicted octanol–water partition coefficient (Wildman–Crippen LogP) is 2.84. The van der Waals surface area contributed by atoms with E-state index in [0.717, 1.165) is 4.31 Å². The summed E-state index contributed by atoms with van der Waals surface area (Å²) in [6, 6.07) is 11.8. The first-order chi connectivity index (χ1) is 18.7. The van der Waals surface area contributed by atoms with Crippen LogP contribution in [0.3, 0.4) is 0 Å². The summed E-state index contributed by atoms with van der Waals surface area (Å²) in [6.07, 6.45) is 0.285. The Kier molecular flexibility index (Phi) is 9.55. The number of amides is 2. The zero-order chi connectivity index (χ0) is 29.7. The van der Waals surface area contributed by atoms with E-state index in [1.807, 2.05) is 6.07 Å². The van der Waals surface area contributed by atoms with Crippen LogP contribution in [0.1, 0.15) is 44.7 Å². The first kappa shape index (κ1) is 30.6. The molecule has 2 amide bonds. The zero-order valence-corrected chi connectivity index (χ0v) is 24.0. The number of nitriles is 1. The van der Waals surface area contributed by atoms with Gasteiger partial charge in [-0.2, -0.15) is 9.57 Å². The van der Waals surface area contributed by atoms with E-state index in [2.05, 4.69) is 5.32 Å². The summed E-state index contributed by atoms with van der Waals surface area (Å²) in [5, 5.41) is 11.7. The monoisotopic (exact) mass is 570 g/mol. The van der Waals surface area contributed by atoms with E-state index in [1.54, 1.807) is 59.1 Å². The van der Waals surface area contributed by atoms with Crippen LogP contribution in [0.4, 0.5) is 4.79 Å². The maximum absolute atomic E-state index is 13.4. The second-order valence-electron chi connectivity index (χ2n) is 10.6. The molecular weight excluding hydrogens is 536 g/mol. The summed E-state index contributed by atoms with van der Waals surface area (Å²) >= 11 is 0. The molecule has 0 unspecified atom stereocenters. The fraction of sp³-hybridized carbons (Fsp3) is 0.429. The molecule has 1 N–H and O–H groups in total. The fourth-order valence-electron chi connectivity index (χ4n) is 4.08. The largest absolute Gasteiger partial charge is 0.458 e. The van der Waals surface area contributed by atoms with Crippen molar-refractivity contribution >= 4 is 28.0 Å². The standard InChI is InChI=1S/C28H34N4O7S/c1-28(2,3)39-26(34)23(17-19-8-12-21(13-9-19)38-27(35)31(4)5)30-25(33)24-7-6-16-32(24)40(36,37)22-14-10-20(18-29)11-15-22/h8-15,23-24H,6-7,16-17H2,1-5H3,(H,30,33)/t23-,24-/m0/s1. The number of carbonyl (C=O) groups excluding carboxylic acids is 3. The van der Waals surface area contributed by atoms with Crippen LogP contribution in [-0.4, -0.2) is 73.9 Å². The van der Waals surface area contributed by atoms with E-state index in [0.29, 0.717) is 23.3 Å². The molecule has 2 aromatic rings. The third-order valence-electron chi connectivity index (χ3n) is 6.04. The number of nitrogens with zero attached hydrogens (tertiary/aromatic N) is 3. The summed E-state index contributed by atoms with van der Waals surface area (Å²) in [4.78, 5) is 39.6. The summed E-state index contributed by atoms with van der Waals surface area (Å²) in [5.74, 6) is -0.958. The van der Waals surface area contributed by atoms with Crippen molar-refractivity contribution in [2.45, 2.75) is 62.6 Å². The van der Waals surface area contributed by atoms with Gasteiger partial charge in [-0.25, -0.2) is 18.0 Å². The lowest BCUT2D eigenvalue weighted by Crippen LogP contribution is -2.52. The maximum atomic E-state index is 13.4. The van der Waals surface area contributed by atoms with Crippen LogP contribution in [0, 0.1) is 11.3 Å². The highest BCUT2D eigenvalue weighted by Gasteiger charge is 2.41. The molecule has 1 saturated heterocycles. The minimum Gasteiger partial charge on any atom is -0.458 e. The smallest absolute Gasteiger partial charge is 0.414 e. The molecular formula is C28H34N4O7S. The van der Waals surface area contributed by atoms with Crippen LogP contribution in [0.5, 0.6) is 5.75 Å². The molecule has 0 aromatic heterocycles. The van der Waals surface area contributed by atoms with Gasteiger partial charge in [0.2, 0.25) is 15.9 Å². The van der Waals surface area contributed by atoms with Gasteiger partial charge in [0.15, 0.2) is 0 Å². The van der Waals surface area contributed by atoms with E-state index >= 15 is 0 Å². The van der Waals surface area contributed by atoms with Crippen molar-refractivity contribution in [2.75, 3.05) is 20.6 Å². The number of carbonyl (C=O) groups is 3. The number of hydrogen-bond donors (Lipinski definition) is 1. The molecule has 214 valence electrons. The van der Waals surface area contributed by atoms with Gasteiger partial charge in [-0.05, 0) is 75.6 Å². The predicted molar refractivity (Wildman–Crippen MR) is 146 cm³/mol. The van der Waals surface area contributed by atoms with E-state index in [1.165, 1.54) is 29.2 Å². The van der Waals surface area contributed by atoms with E-state index in [9.17, 15) is 22.8 Å². The molecule has 1 aliphatic rings. The first-order valence-electron chi connectivity index (χ1n) is 12.7. The van der Waals surface area contributed by atoms with Gasteiger partial charge >= 0.3 is 12.1 Å². The lowest BCUT2D eigenvalue weighted by molar-refractivity contribution is -0.158. The molecule has 3 rings (SSSR count). The Morgan fingerprint density at radius 3 is 2.27 bits per heavy atom. The lowest BCUT2D eigenvalue weighted by Gasteiger charge is -2.28. The average Bonchev–Trinajstić information content (AvgIpc) is 3.39. The van der Waals surface area contributed by atoms with Crippen molar-refractivity contribution in [3.63, 3.8) is 0 Å². The quantitative estimate of drug-likeness (QED) is 0.477. The van der Waals surface area contributed by atoms with Gasteiger partial charge in [-0.15, -0.1) is 0 Å². The zero-order valence-electron chi connectivity index (χ0n) is 23.2. The topological polar surface area (TPSA) is 146 Å². The van der Waals surface area contributed by atoms with Crippen molar-refractivity contribution in [3.05, 3.63) is 59.7 Å². The first-order valence-corrected chi connectivity index (χ1v) is 14.2. The van der Waals surface area contributed by atoms with Crippen molar-refractivity contribution in [1.29, 1.82) is 5.26 Å². The second-order valence-corrected chi connectivity index (χ2v) is 12.5. The van der Waals surface area contributed by atoms with Gasteiger partial charge < -0.3 is 19.7 Å². The van der Waals surface area contributed by atoms with E-state index in [-0.39, 0.29) is 24.3 Å². The van der Waals surface area contributed by atoms with Crippen LogP contribution in [-0.2, 0) is 30.8 Å². The Hall–Kier alpha value is -3.95. The highest BCUT2D eigenvalue weighted by atomic mass is 32.2. The van der Waals surface area contributed by atoms with Crippen molar-refractivity contribution < 1.29 is 32.3 Å². The van der Waals surface area contributed by atoms with Crippen molar-refractivity contribution in [1.82, 2.24) is 14.5 Å². The molecule has 1 fully saturated rings. The van der Waals surface area contributed by atoms with Crippen molar-refractivity contribution in [2.24, 2.45) is 0 Å². The number of esters is 1. The van der Waals surface area contributed by atoms with Gasteiger partial charge in [0.25, 0.3) is 0 Å². The van der Waals surface area contributed by atoms with Crippen LogP contribution >= 0.6 is 0 Å².